The molecule has 0 aliphatic carbocycles. The molecule has 0 amide bonds. The lowest BCUT2D eigenvalue weighted by Crippen LogP contribution is -2.49. The predicted molar refractivity (Wildman–Crippen MR) is 141 cm³/mol. The molecule has 1 aliphatic rings. The Hall–Kier alpha value is -3.39. The number of fused-ring (bicyclic) bond motifs is 1. The maximum atomic E-state index is 13.0. The van der Waals surface area contributed by atoms with Gasteiger partial charge in [-0.15, -0.1) is 0 Å². The number of allylic oxidation sites excluding steroid dienone is 1. The van der Waals surface area contributed by atoms with Gasteiger partial charge < -0.3 is 9.47 Å². The van der Waals surface area contributed by atoms with Gasteiger partial charge in [0.1, 0.15) is 5.65 Å². The normalized spacial score (nSPS) is 17.5. The monoisotopic (exact) mass is 468 g/mol. The highest BCUT2D eigenvalue weighted by atomic mass is 16.1. The number of rotatable bonds is 6. The summed E-state index contributed by atoms with van der Waals surface area (Å²) < 4.78 is 2.12. The highest BCUT2D eigenvalue weighted by Gasteiger charge is 2.37. The van der Waals surface area contributed by atoms with Crippen molar-refractivity contribution in [1.82, 2.24) is 14.5 Å². The molecule has 0 unspecified atom stereocenters. The van der Waals surface area contributed by atoms with Crippen LogP contribution in [-0.2, 0) is 13.5 Å². The van der Waals surface area contributed by atoms with Crippen molar-refractivity contribution in [2.75, 3.05) is 6.54 Å². The minimum absolute atomic E-state index is 0.00507. The Labute approximate surface area is 209 Å². The molecule has 4 rings (SSSR count). The molecule has 5 nitrogen and oxygen atoms in total. The van der Waals surface area contributed by atoms with Crippen LogP contribution in [0, 0.1) is 24.2 Å². The van der Waals surface area contributed by atoms with Crippen molar-refractivity contribution in [3.8, 4) is 6.07 Å². The van der Waals surface area contributed by atoms with E-state index in [2.05, 4.69) is 70.0 Å². The molecule has 35 heavy (non-hydrogen) atoms. The minimum Gasteiger partial charge on any atom is -0.370 e. The standard InChI is InChI=1S/C30H36N4O/c1-19(2)21(4)34-12-11-24(15-30(34,5)6)26-18-33(7)29-28(26)20(3)25(17-32-29)14-27(35)23-10-8-9-22(13-23)16-31/h8-10,13,17-19,24H,4,11-12,14-15H2,1-3,5-7H3/t24-/m1/s1. The lowest BCUT2D eigenvalue weighted by molar-refractivity contribution is 0.0923. The molecule has 3 aromatic rings. The number of hydrogen-bond acceptors (Lipinski definition) is 4. The number of carbonyl (C=O) groups is 1. The second-order valence-corrected chi connectivity index (χ2v) is 10.9. The number of nitriles is 1. The van der Waals surface area contributed by atoms with Gasteiger partial charge in [0.25, 0.3) is 0 Å². The number of aromatic nitrogens is 2. The highest BCUT2D eigenvalue weighted by molar-refractivity contribution is 5.98. The van der Waals surface area contributed by atoms with Crippen LogP contribution in [0.1, 0.15) is 79.1 Å². The topological polar surface area (TPSA) is 61.9 Å². The fraction of sp³-hybridized carbons (Fsp3) is 0.433. The van der Waals surface area contributed by atoms with Crippen LogP contribution in [0.15, 0.2) is 48.9 Å². The van der Waals surface area contributed by atoms with E-state index in [1.54, 1.807) is 24.3 Å². The van der Waals surface area contributed by atoms with E-state index in [1.807, 2.05) is 6.20 Å². The first-order chi connectivity index (χ1) is 16.5. The molecule has 1 aliphatic heterocycles. The molecular formula is C30H36N4O. The maximum Gasteiger partial charge on any atom is 0.167 e. The van der Waals surface area contributed by atoms with Crippen molar-refractivity contribution in [3.05, 3.63) is 76.8 Å². The van der Waals surface area contributed by atoms with Crippen molar-refractivity contribution in [1.29, 1.82) is 5.26 Å². The van der Waals surface area contributed by atoms with Crippen LogP contribution >= 0.6 is 0 Å². The molecule has 3 heterocycles. The predicted octanol–water partition coefficient (Wildman–Crippen LogP) is 6.31. The molecule has 182 valence electrons. The molecule has 0 spiro atoms. The number of benzene rings is 1. The molecule has 1 fully saturated rings. The lowest BCUT2D eigenvalue weighted by Gasteiger charge is -2.49. The zero-order valence-corrected chi connectivity index (χ0v) is 21.9. The van der Waals surface area contributed by atoms with E-state index in [1.165, 1.54) is 16.6 Å². The van der Waals surface area contributed by atoms with Crippen LogP contribution < -0.4 is 0 Å². The van der Waals surface area contributed by atoms with Crippen molar-refractivity contribution in [2.45, 2.75) is 65.3 Å². The smallest absolute Gasteiger partial charge is 0.167 e. The largest absolute Gasteiger partial charge is 0.370 e. The number of hydrogen-bond donors (Lipinski definition) is 0. The van der Waals surface area contributed by atoms with Gasteiger partial charge in [-0.25, -0.2) is 4.98 Å². The summed E-state index contributed by atoms with van der Waals surface area (Å²) in [7, 11) is 2.05. The number of aryl methyl sites for hydroxylation is 2. The lowest BCUT2D eigenvalue weighted by atomic mass is 9.78. The third kappa shape index (κ3) is 4.62. The van der Waals surface area contributed by atoms with Crippen molar-refractivity contribution < 1.29 is 4.79 Å². The van der Waals surface area contributed by atoms with Gasteiger partial charge in [-0.05, 0) is 74.3 Å². The maximum absolute atomic E-state index is 13.0. The molecule has 0 bridgehead atoms. The zero-order chi connectivity index (χ0) is 25.5. The summed E-state index contributed by atoms with van der Waals surface area (Å²) in [6.45, 7) is 16.5. The van der Waals surface area contributed by atoms with Gasteiger partial charge in [0.15, 0.2) is 5.78 Å². The number of piperidine rings is 1. The fourth-order valence-electron chi connectivity index (χ4n) is 5.61. The first-order valence-corrected chi connectivity index (χ1v) is 12.5. The molecule has 1 aromatic carbocycles. The Morgan fingerprint density at radius 2 is 2.09 bits per heavy atom. The SMILES string of the molecule is C=C(C(C)C)N1CC[C@@H](c2cn(C)c3ncc(CC(=O)c4cccc(C#N)c4)c(C)c23)CC1(C)C. The van der Waals surface area contributed by atoms with Crippen LogP contribution in [0.5, 0.6) is 0 Å². The van der Waals surface area contributed by atoms with Crippen LogP contribution in [-0.4, -0.2) is 32.3 Å². The van der Waals surface area contributed by atoms with E-state index in [0.717, 1.165) is 36.2 Å². The molecule has 0 N–H and O–H groups in total. The molecule has 1 atom stereocenters. The Kier molecular flexibility index (Phi) is 6.60. The molecule has 1 saturated heterocycles. The summed E-state index contributed by atoms with van der Waals surface area (Å²) in [5.41, 5.74) is 6.67. The zero-order valence-electron chi connectivity index (χ0n) is 21.9. The number of pyridine rings is 1. The number of Topliss-reactive ketones (excluding diaryl/α,β-unsaturated/α-hetero) is 1. The van der Waals surface area contributed by atoms with Gasteiger partial charge in [-0.1, -0.05) is 32.6 Å². The molecule has 0 radical (unpaired) electrons. The Balaban J connectivity index is 1.67. The van der Waals surface area contributed by atoms with Crippen LogP contribution in [0.4, 0.5) is 0 Å². The molecular weight excluding hydrogens is 432 g/mol. The van der Waals surface area contributed by atoms with E-state index in [-0.39, 0.29) is 17.7 Å². The first-order valence-electron chi connectivity index (χ1n) is 12.5. The van der Waals surface area contributed by atoms with Crippen LogP contribution in [0.2, 0.25) is 0 Å². The summed E-state index contributed by atoms with van der Waals surface area (Å²) >= 11 is 0. The number of ketones is 1. The van der Waals surface area contributed by atoms with Gasteiger partial charge in [-0.2, -0.15) is 5.26 Å². The van der Waals surface area contributed by atoms with Crippen molar-refractivity contribution >= 4 is 16.8 Å². The summed E-state index contributed by atoms with van der Waals surface area (Å²) in [5.74, 6) is 0.859. The minimum atomic E-state index is 0.00507. The van der Waals surface area contributed by atoms with E-state index < -0.39 is 0 Å². The fourth-order valence-corrected chi connectivity index (χ4v) is 5.61. The van der Waals surface area contributed by atoms with E-state index in [9.17, 15) is 10.1 Å². The number of likely N-dealkylation sites (tertiary alicyclic amines) is 1. The van der Waals surface area contributed by atoms with Gasteiger partial charge in [-0.3, -0.25) is 4.79 Å². The highest BCUT2D eigenvalue weighted by Crippen LogP contribution is 2.43. The number of nitrogens with zero attached hydrogens (tertiary/aromatic N) is 4. The summed E-state index contributed by atoms with van der Waals surface area (Å²) in [5, 5.41) is 10.4. The van der Waals surface area contributed by atoms with Gasteiger partial charge in [0.05, 0.1) is 11.6 Å². The number of carbonyl (C=O) groups excluding carboxylic acids is 1. The second-order valence-electron chi connectivity index (χ2n) is 10.9. The average molecular weight is 469 g/mol. The van der Waals surface area contributed by atoms with E-state index in [0.29, 0.717) is 23.0 Å². The quantitative estimate of drug-likeness (QED) is 0.398. The third-order valence-electron chi connectivity index (χ3n) is 7.67. The van der Waals surface area contributed by atoms with E-state index >= 15 is 0 Å². The summed E-state index contributed by atoms with van der Waals surface area (Å²) in [6.07, 6.45) is 6.46. The summed E-state index contributed by atoms with van der Waals surface area (Å²) in [6, 6.07) is 9.04. The Bertz CT molecular complexity index is 1340. The van der Waals surface area contributed by atoms with E-state index in [4.69, 9.17) is 4.98 Å². The van der Waals surface area contributed by atoms with Gasteiger partial charge in [0, 0.05) is 54.6 Å². The third-order valence-corrected chi connectivity index (χ3v) is 7.67. The molecule has 2 aromatic heterocycles. The Morgan fingerprint density at radius 1 is 1.34 bits per heavy atom. The Morgan fingerprint density at radius 3 is 2.74 bits per heavy atom. The van der Waals surface area contributed by atoms with Crippen LogP contribution in [0.3, 0.4) is 0 Å². The van der Waals surface area contributed by atoms with Crippen LogP contribution in [0.25, 0.3) is 11.0 Å². The molecule has 0 saturated carbocycles. The van der Waals surface area contributed by atoms with Gasteiger partial charge in [0.2, 0.25) is 0 Å². The molecule has 5 heteroatoms. The van der Waals surface area contributed by atoms with Crippen molar-refractivity contribution in [2.24, 2.45) is 13.0 Å². The van der Waals surface area contributed by atoms with Crippen molar-refractivity contribution in [3.63, 3.8) is 0 Å². The average Bonchev–Trinajstić information content (AvgIpc) is 3.16. The first kappa shape index (κ1) is 24.7. The van der Waals surface area contributed by atoms with Gasteiger partial charge >= 0.3 is 0 Å². The second kappa shape index (κ2) is 9.34. The summed E-state index contributed by atoms with van der Waals surface area (Å²) in [4.78, 5) is 20.3.